The van der Waals surface area contributed by atoms with E-state index < -0.39 is 0 Å². The number of hydrogen-bond donors (Lipinski definition) is 0. The second-order valence-corrected chi connectivity index (χ2v) is 7.50. The van der Waals surface area contributed by atoms with Gasteiger partial charge in [-0.2, -0.15) is 5.10 Å². The van der Waals surface area contributed by atoms with Crippen molar-refractivity contribution in [2.45, 2.75) is 13.5 Å². The first-order valence-corrected chi connectivity index (χ1v) is 9.09. The van der Waals surface area contributed by atoms with Crippen LogP contribution >= 0.6 is 22.9 Å². The molecule has 0 aliphatic heterocycles. The van der Waals surface area contributed by atoms with Crippen LogP contribution in [0.1, 0.15) is 10.6 Å². The number of aryl methyl sites for hydroxylation is 1. The van der Waals surface area contributed by atoms with Gasteiger partial charge in [-0.15, -0.1) is 11.3 Å². The number of thiazole rings is 1. The van der Waals surface area contributed by atoms with Gasteiger partial charge in [-0.1, -0.05) is 23.7 Å². The molecule has 0 aliphatic carbocycles. The molecule has 4 nitrogen and oxygen atoms in total. The van der Waals surface area contributed by atoms with Crippen LogP contribution in [0.25, 0.3) is 21.5 Å². The molecule has 0 unspecified atom stereocenters. The largest absolute Gasteiger partial charge is 0.294 e. The molecular formula is C19H13ClFN3OS. The van der Waals surface area contributed by atoms with Gasteiger partial charge in [0.05, 0.1) is 16.3 Å². The number of fused-ring (bicyclic) bond motifs is 1. The molecule has 26 heavy (non-hydrogen) atoms. The SMILES string of the molecule is Cc1nc2c(=O)n(Cc3ccc(Cl)cc3)nc(-c3ccc(F)cc3)c2s1. The maximum absolute atomic E-state index is 13.3. The van der Waals surface area contributed by atoms with E-state index in [9.17, 15) is 9.18 Å². The van der Waals surface area contributed by atoms with Crippen LogP contribution in [-0.2, 0) is 6.54 Å². The second kappa shape index (κ2) is 6.63. The molecule has 0 N–H and O–H groups in total. The summed E-state index contributed by atoms with van der Waals surface area (Å²) in [6.07, 6.45) is 0. The van der Waals surface area contributed by atoms with Gasteiger partial charge in [0.15, 0.2) is 5.52 Å². The van der Waals surface area contributed by atoms with E-state index in [0.29, 0.717) is 27.5 Å². The molecule has 0 spiro atoms. The van der Waals surface area contributed by atoms with Crippen LogP contribution in [0.2, 0.25) is 5.02 Å². The minimum atomic E-state index is -0.319. The predicted octanol–water partition coefficient (Wildman–Crippen LogP) is 4.67. The summed E-state index contributed by atoms with van der Waals surface area (Å²) < 4.78 is 15.4. The molecule has 0 amide bonds. The molecule has 2 heterocycles. The Morgan fingerprint density at radius 3 is 2.50 bits per heavy atom. The van der Waals surface area contributed by atoms with Crippen molar-refractivity contribution in [3.63, 3.8) is 0 Å². The van der Waals surface area contributed by atoms with E-state index in [0.717, 1.165) is 16.1 Å². The average Bonchev–Trinajstić information content (AvgIpc) is 3.02. The van der Waals surface area contributed by atoms with Crippen molar-refractivity contribution in [1.82, 2.24) is 14.8 Å². The first kappa shape index (κ1) is 16.9. The lowest BCUT2D eigenvalue weighted by Gasteiger charge is -2.09. The molecule has 0 saturated heterocycles. The standard InChI is InChI=1S/C19H13ClFN3OS/c1-11-22-17-18(26-11)16(13-4-8-15(21)9-5-13)23-24(19(17)25)10-12-2-6-14(20)7-3-12/h2-9H,10H2,1H3. The van der Waals surface area contributed by atoms with Crippen molar-refractivity contribution in [2.75, 3.05) is 0 Å². The van der Waals surface area contributed by atoms with Crippen molar-refractivity contribution in [2.24, 2.45) is 0 Å². The number of nitrogens with zero attached hydrogens (tertiary/aromatic N) is 3. The predicted molar refractivity (Wildman–Crippen MR) is 102 cm³/mol. The topological polar surface area (TPSA) is 47.8 Å². The molecule has 0 fully saturated rings. The molecule has 0 radical (unpaired) electrons. The van der Waals surface area contributed by atoms with Gasteiger partial charge in [0.2, 0.25) is 0 Å². The summed E-state index contributed by atoms with van der Waals surface area (Å²) in [5.74, 6) is -0.319. The van der Waals surface area contributed by atoms with Gasteiger partial charge < -0.3 is 0 Å². The zero-order chi connectivity index (χ0) is 18.3. The van der Waals surface area contributed by atoms with E-state index in [2.05, 4.69) is 10.1 Å². The van der Waals surface area contributed by atoms with Crippen LogP contribution in [0, 0.1) is 12.7 Å². The van der Waals surface area contributed by atoms with E-state index in [4.69, 9.17) is 11.6 Å². The zero-order valence-electron chi connectivity index (χ0n) is 13.7. The Kier molecular flexibility index (Phi) is 4.30. The summed E-state index contributed by atoms with van der Waals surface area (Å²) in [5.41, 5.74) is 2.41. The molecule has 4 aromatic rings. The summed E-state index contributed by atoms with van der Waals surface area (Å²) >= 11 is 7.33. The molecular weight excluding hydrogens is 373 g/mol. The minimum absolute atomic E-state index is 0.245. The first-order valence-electron chi connectivity index (χ1n) is 7.90. The van der Waals surface area contributed by atoms with Crippen molar-refractivity contribution < 1.29 is 4.39 Å². The van der Waals surface area contributed by atoms with Crippen molar-refractivity contribution in [3.8, 4) is 11.3 Å². The summed E-state index contributed by atoms with van der Waals surface area (Å²) in [6, 6.07) is 13.3. The Morgan fingerprint density at radius 2 is 1.81 bits per heavy atom. The van der Waals surface area contributed by atoms with Gasteiger partial charge in [-0.05, 0) is 48.9 Å². The molecule has 7 heteroatoms. The minimum Gasteiger partial charge on any atom is -0.265 e. The van der Waals surface area contributed by atoms with Gasteiger partial charge >= 0.3 is 0 Å². The van der Waals surface area contributed by atoms with Crippen LogP contribution in [0.3, 0.4) is 0 Å². The van der Waals surface area contributed by atoms with E-state index in [-0.39, 0.29) is 11.4 Å². The number of benzene rings is 2. The quantitative estimate of drug-likeness (QED) is 0.515. The molecule has 2 aromatic carbocycles. The van der Waals surface area contributed by atoms with E-state index in [1.807, 2.05) is 19.1 Å². The lowest BCUT2D eigenvalue weighted by atomic mass is 10.1. The van der Waals surface area contributed by atoms with Crippen LogP contribution in [0.5, 0.6) is 0 Å². The smallest absolute Gasteiger partial charge is 0.265 e. The highest BCUT2D eigenvalue weighted by molar-refractivity contribution is 7.19. The van der Waals surface area contributed by atoms with Crippen LogP contribution in [0.4, 0.5) is 4.39 Å². The third-order valence-electron chi connectivity index (χ3n) is 3.97. The Hall–Kier alpha value is -2.57. The highest BCUT2D eigenvalue weighted by atomic mass is 35.5. The fourth-order valence-corrected chi connectivity index (χ4v) is 3.78. The van der Waals surface area contributed by atoms with Gasteiger partial charge in [0, 0.05) is 10.6 Å². The highest BCUT2D eigenvalue weighted by Crippen LogP contribution is 2.29. The van der Waals surface area contributed by atoms with Gasteiger partial charge in [-0.25, -0.2) is 14.1 Å². The number of aromatic nitrogens is 3. The van der Waals surface area contributed by atoms with Crippen LogP contribution < -0.4 is 5.56 Å². The summed E-state index contributed by atoms with van der Waals surface area (Å²) in [7, 11) is 0. The molecule has 0 saturated carbocycles. The fraction of sp³-hybridized carbons (Fsp3) is 0.105. The third kappa shape index (κ3) is 3.13. The molecule has 0 aliphatic rings. The zero-order valence-corrected chi connectivity index (χ0v) is 15.3. The highest BCUT2D eigenvalue weighted by Gasteiger charge is 2.16. The maximum atomic E-state index is 13.3. The van der Waals surface area contributed by atoms with E-state index in [1.165, 1.54) is 28.2 Å². The normalized spacial score (nSPS) is 11.2. The summed E-state index contributed by atoms with van der Waals surface area (Å²) in [4.78, 5) is 17.2. The average molecular weight is 386 g/mol. The summed E-state index contributed by atoms with van der Waals surface area (Å²) in [5, 5.41) is 5.97. The monoisotopic (exact) mass is 385 g/mol. The van der Waals surface area contributed by atoms with E-state index in [1.54, 1.807) is 24.3 Å². The Balaban J connectivity index is 1.90. The van der Waals surface area contributed by atoms with E-state index >= 15 is 0 Å². The number of halogens is 2. The van der Waals surface area contributed by atoms with Gasteiger partial charge in [0.25, 0.3) is 5.56 Å². The molecule has 4 rings (SSSR count). The Labute approximate surface area is 157 Å². The first-order chi connectivity index (χ1) is 12.5. The number of hydrogen-bond acceptors (Lipinski definition) is 4. The second-order valence-electron chi connectivity index (χ2n) is 5.86. The molecule has 130 valence electrons. The fourth-order valence-electron chi connectivity index (χ4n) is 2.73. The molecule has 0 atom stereocenters. The van der Waals surface area contributed by atoms with Crippen molar-refractivity contribution in [3.05, 3.63) is 80.3 Å². The van der Waals surface area contributed by atoms with Crippen molar-refractivity contribution in [1.29, 1.82) is 0 Å². The van der Waals surface area contributed by atoms with Gasteiger partial charge in [-0.3, -0.25) is 4.79 Å². The molecule has 0 bridgehead atoms. The lowest BCUT2D eigenvalue weighted by Crippen LogP contribution is -2.24. The third-order valence-corrected chi connectivity index (χ3v) is 5.20. The number of rotatable bonds is 3. The summed E-state index contributed by atoms with van der Waals surface area (Å²) in [6.45, 7) is 2.15. The van der Waals surface area contributed by atoms with Gasteiger partial charge in [0.1, 0.15) is 11.5 Å². The lowest BCUT2D eigenvalue weighted by molar-refractivity contribution is 0.627. The Bertz CT molecular complexity index is 1150. The van der Waals surface area contributed by atoms with Crippen molar-refractivity contribution >= 4 is 33.2 Å². The van der Waals surface area contributed by atoms with Crippen LogP contribution in [-0.4, -0.2) is 14.8 Å². The van der Waals surface area contributed by atoms with Crippen LogP contribution in [0.15, 0.2) is 53.3 Å². The Morgan fingerprint density at radius 1 is 1.12 bits per heavy atom. The molecule has 2 aromatic heterocycles. The maximum Gasteiger partial charge on any atom is 0.294 e.